The van der Waals surface area contributed by atoms with Crippen LogP contribution in [0.25, 0.3) is 0 Å². The van der Waals surface area contributed by atoms with Crippen molar-refractivity contribution < 1.29 is 19.8 Å². The van der Waals surface area contributed by atoms with Crippen LogP contribution in [0.4, 0.5) is 5.82 Å². The lowest BCUT2D eigenvalue weighted by Gasteiger charge is -2.33. The average Bonchev–Trinajstić information content (AvgIpc) is 2.36. The lowest BCUT2D eigenvalue weighted by Crippen LogP contribution is -2.30. The van der Waals surface area contributed by atoms with Gasteiger partial charge in [0, 0.05) is 24.4 Å². The van der Waals surface area contributed by atoms with E-state index < -0.39 is 5.97 Å². The standard InChI is InChI=1S/C15H16N2O4/c1-15(2)6-11(18)10(12(19)7-15)8-17-13-9(14(20)21)4-3-5-16-13/h3-5,8,18H,6-7H2,1-2H3,(H,20,21)/p-1/b17-8+. The number of carboxylic acids is 1. The number of carboxylic acid groups (broad SMARTS) is 1. The van der Waals surface area contributed by atoms with Crippen molar-refractivity contribution >= 4 is 23.8 Å². The zero-order chi connectivity index (χ0) is 15.6. The maximum atomic E-state index is 12.0. The molecule has 2 rings (SSSR count). The number of carbonyl (C=O) groups is 2. The van der Waals surface area contributed by atoms with E-state index in [0.29, 0.717) is 0 Å². The van der Waals surface area contributed by atoms with Gasteiger partial charge in [0.2, 0.25) is 0 Å². The molecule has 1 N–H and O–H groups in total. The van der Waals surface area contributed by atoms with Gasteiger partial charge in [-0.25, -0.2) is 14.8 Å². The summed E-state index contributed by atoms with van der Waals surface area (Å²) in [5, 5.41) is 21.0. The number of hydrogen-bond donors (Lipinski definition) is 1. The van der Waals surface area contributed by atoms with Crippen LogP contribution in [-0.2, 0) is 4.79 Å². The van der Waals surface area contributed by atoms with Gasteiger partial charge in [-0.1, -0.05) is 13.8 Å². The number of rotatable bonds is 3. The van der Waals surface area contributed by atoms with E-state index in [0.717, 1.165) is 6.21 Å². The highest BCUT2D eigenvalue weighted by atomic mass is 16.4. The summed E-state index contributed by atoms with van der Waals surface area (Å²) >= 11 is 0. The van der Waals surface area contributed by atoms with Gasteiger partial charge >= 0.3 is 5.97 Å². The molecular weight excluding hydrogens is 272 g/mol. The molecule has 0 amide bonds. The zero-order valence-corrected chi connectivity index (χ0v) is 11.8. The maximum Gasteiger partial charge on any atom is 0.339 e. The number of pyridine rings is 1. The minimum absolute atomic E-state index is 0.0105. The van der Waals surface area contributed by atoms with Crippen LogP contribution in [0.2, 0.25) is 0 Å². The van der Waals surface area contributed by atoms with E-state index in [1.165, 1.54) is 18.3 Å². The first-order chi connectivity index (χ1) is 9.80. The Labute approximate surface area is 121 Å². The van der Waals surface area contributed by atoms with E-state index in [-0.39, 0.29) is 46.8 Å². The molecule has 1 aliphatic rings. The van der Waals surface area contributed by atoms with Crippen LogP contribution in [0.3, 0.4) is 0 Å². The second-order valence-electron chi connectivity index (χ2n) is 5.72. The van der Waals surface area contributed by atoms with E-state index in [9.17, 15) is 14.7 Å². The van der Waals surface area contributed by atoms with Gasteiger partial charge in [0.25, 0.3) is 0 Å². The van der Waals surface area contributed by atoms with Crippen molar-refractivity contribution in [3.63, 3.8) is 0 Å². The summed E-state index contributed by atoms with van der Waals surface area (Å²) in [6, 6.07) is 2.84. The number of Topliss-reactive ketones (excluding diaryl/α,β-unsaturated/α-hetero) is 1. The number of hydrogen-bond acceptors (Lipinski definition) is 5. The Morgan fingerprint density at radius 1 is 1.48 bits per heavy atom. The normalized spacial score (nSPS) is 18.3. The predicted octanol–water partition coefficient (Wildman–Crippen LogP) is 1.49. The van der Waals surface area contributed by atoms with Gasteiger partial charge in [-0.15, -0.1) is 5.76 Å². The minimum Gasteiger partial charge on any atom is -0.875 e. The molecule has 1 heterocycles. The van der Waals surface area contributed by atoms with E-state index >= 15 is 0 Å². The Morgan fingerprint density at radius 3 is 2.81 bits per heavy atom. The summed E-state index contributed by atoms with van der Waals surface area (Å²) in [7, 11) is 0. The lowest BCUT2D eigenvalue weighted by atomic mass is 9.77. The third-order valence-corrected chi connectivity index (χ3v) is 3.21. The smallest absolute Gasteiger partial charge is 0.339 e. The Hall–Kier alpha value is -2.50. The highest BCUT2D eigenvalue weighted by Gasteiger charge is 2.28. The molecule has 0 bridgehead atoms. The van der Waals surface area contributed by atoms with Gasteiger partial charge < -0.3 is 10.2 Å². The summed E-state index contributed by atoms with van der Waals surface area (Å²) in [4.78, 5) is 30.8. The lowest BCUT2D eigenvalue weighted by molar-refractivity contribution is -0.311. The van der Waals surface area contributed by atoms with Crippen LogP contribution in [0, 0.1) is 5.41 Å². The van der Waals surface area contributed by atoms with Gasteiger partial charge in [0.05, 0.1) is 0 Å². The number of carbonyl (C=O) groups excluding carboxylic acids is 1. The molecule has 21 heavy (non-hydrogen) atoms. The molecule has 110 valence electrons. The second kappa shape index (κ2) is 5.47. The molecule has 0 unspecified atom stereocenters. The molecule has 0 atom stereocenters. The number of aromatic nitrogens is 1. The maximum absolute atomic E-state index is 12.0. The molecule has 0 saturated heterocycles. The topological polar surface area (TPSA) is 103 Å². The Bertz CT molecular complexity index is 659. The number of aromatic carboxylic acids is 1. The SMILES string of the molecule is CC1(C)CC(=O)C(/C=N/c2ncccc2C(=O)O)=C([O-])C1. The van der Waals surface area contributed by atoms with Gasteiger partial charge in [-0.05, 0) is 24.0 Å². The number of ketones is 1. The first-order valence-electron chi connectivity index (χ1n) is 6.46. The van der Waals surface area contributed by atoms with Crippen molar-refractivity contribution in [1.29, 1.82) is 0 Å². The van der Waals surface area contributed by atoms with Gasteiger partial charge in [-0.2, -0.15) is 0 Å². The fraction of sp³-hybridized carbons (Fsp3) is 0.333. The quantitative estimate of drug-likeness (QED) is 0.848. The van der Waals surface area contributed by atoms with Gasteiger partial charge in [-0.3, -0.25) is 4.79 Å². The summed E-state index contributed by atoms with van der Waals surface area (Å²) in [5.74, 6) is -1.73. The Kier molecular flexibility index (Phi) is 3.88. The van der Waals surface area contributed by atoms with Crippen LogP contribution in [0.1, 0.15) is 37.0 Å². The molecule has 0 aromatic carbocycles. The molecule has 0 spiro atoms. The van der Waals surface area contributed by atoms with Crippen LogP contribution in [-0.4, -0.2) is 28.1 Å². The predicted molar refractivity (Wildman–Crippen MR) is 74.4 cm³/mol. The summed E-state index contributed by atoms with van der Waals surface area (Å²) in [5.41, 5.74) is -0.412. The number of aliphatic imine (C=N–C) groups is 1. The minimum atomic E-state index is -1.16. The second-order valence-corrected chi connectivity index (χ2v) is 5.72. The highest BCUT2D eigenvalue weighted by Crippen LogP contribution is 2.34. The fourth-order valence-corrected chi connectivity index (χ4v) is 2.21. The molecule has 6 nitrogen and oxygen atoms in total. The molecule has 0 radical (unpaired) electrons. The Balaban J connectivity index is 2.34. The van der Waals surface area contributed by atoms with Gasteiger partial charge in [0.15, 0.2) is 11.6 Å². The van der Waals surface area contributed by atoms with Crippen molar-refractivity contribution in [3.8, 4) is 0 Å². The van der Waals surface area contributed by atoms with E-state index in [2.05, 4.69) is 9.98 Å². The first kappa shape index (κ1) is 14.9. The van der Waals surface area contributed by atoms with Crippen molar-refractivity contribution in [2.75, 3.05) is 0 Å². The zero-order valence-electron chi connectivity index (χ0n) is 11.8. The van der Waals surface area contributed by atoms with Crippen molar-refractivity contribution in [1.82, 2.24) is 4.98 Å². The third-order valence-electron chi connectivity index (χ3n) is 3.21. The largest absolute Gasteiger partial charge is 0.875 e. The number of allylic oxidation sites excluding steroid dienone is 2. The molecule has 6 heteroatoms. The van der Waals surface area contributed by atoms with Crippen molar-refractivity contribution in [2.24, 2.45) is 10.4 Å². The van der Waals surface area contributed by atoms with Crippen LogP contribution >= 0.6 is 0 Å². The van der Waals surface area contributed by atoms with Crippen LogP contribution in [0.15, 0.2) is 34.7 Å². The molecule has 1 aliphatic carbocycles. The third kappa shape index (κ3) is 3.34. The van der Waals surface area contributed by atoms with E-state index in [4.69, 9.17) is 5.11 Å². The number of nitrogens with zero attached hydrogens (tertiary/aromatic N) is 2. The average molecular weight is 287 g/mol. The molecule has 0 fully saturated rings. The summed E-state index contributed by atoms with van der Waals surface area (Å²) < 4.78 is 0. The monoisotopic (exact) mass is 287 g/mol. The highest BCUT2D eigenvalue weighted by molar-refractivity contribution is 6.15. The van der Waals surface area contributed by atoms with Crippen molar-refractivity contribution in [3.05, 3.63) is 35.2 Å². The molecule has 0 aliphatic heterocycles. The van der Waals surface area contributed by atoms with Crippen molar-refractivity contribution in [2.45, 2.75) is 26.7 Å². The molecular formula is C15H15N2O4-. The van der Waals surface area contributed by atoms with Crippen LogP contribution < -0.4 is 5.11 Å². The molecule has 1 aromatic rings. The molecule has 1 aromatic heterocycles. The summed E-state index contributed by atoms with van der Waals surface area (Å²) in [6.07, 6.45) is 3.08. The van der Waals surface area contributed by atoms with Gasteiger partial charge in [0.1, 0.15) is 5.56 Å². The fourth-order valence-electron chi connectivity index (χ4n) is 2.21. The molecule has 0 saturated carbocycles. The first-order valence-corrected chi connectivity index (χ1v) is 6.46. The van der Waals surface area contributed by atoms with E-state index in [1.54, 1.807) is 0 Å². The Morgan fingerprint density at radius 2 is 2.19 bits per heavy atom. The van der Waals surface area contributed by atoms with Crippen LogP contribution in [0.5, 0.6) is 0 Å². The summed E-state index contributed by atoms with van der Waals surface area (Å²) in [6.45, 7) is 3.72. The van der Waals surface area contributed by atoms with E-state index in [1.807, 2.05) is 13.8 Å².